The summed E-state index contributed by atoms with van der Waals surface area (Å²) in [5.74, 6) is -0.113. The summed E-state index contributed by atoms with van der Waals surface area (Å²) in [4.78, 5) is 17.1. The quantitative estimate of drug-likeness (QED) is 0.735. The number of hydroxylamine groups is 2. The van der Waals surface area contributed by atoms with Gasteiger partial charge in [-0.05, 0) is 37.1 Å². The Bertz CT molecular complexity index is 366. The number of hydrogen-bond donors (Lipinski definition) is 0. The van der Waals surface area contributed by atoms with Gasteiger partial charge >= 0.3 is 0 Å². The monoisotopic (exact) mass is 225 g/mol. The lowest BCUT2D eigenvalue weighted by atomic mass is 10.1. The van der Waals surface area contributed by atoms with Gasteiger partial charge in [0.25, 0.3) is 5.91 Å². The van der Waals surface area contributed by atoms with Crippen LogP contribution in [0.5, 0.6) is 0 Å². The molecule has 1 heterocycles. The van der Waals surface area contributed by atoms with Crippen molar-refractivity contribution in [1.82, 2.24) is 5.06 Å². The van der Waals surface area contributed by atoms with E-state index in [1.54, 1.807) is 6.07 Å². The van der Waals surface area contributed by atoms with E-state index in [1.165, 1.54) is 5.06 Å². The summed E-state index contributed by atoms with van der Waals surface area (Å²) in [5, 5.41) is 1.98. The van der Waals surface area contributed by atoms with Gasteiger partial charge in [-0.2, -0.15) is 0 Å². The number of carbonyl (C=O) groups excluding carboxylic acids is 1. The number of amides is 1. The Balaban J connectivity index is 2.24. The predicted octanol–water partition coefficient (Wildman–Crippen LogP) is 2.43. The van der Waals surface area contributed by atoms with Gasteiger partial charge in [0.15, 0.2) is 0 Å². The number of rotatable bonds is 1. The SMILES string of the molecule is Cc1cc(Cl)cc(C(=O)N2CCCO2)c1. The van der Waals surface area contributed by atoms with Crippen molar-refractivity contribution in [3.63, 3.8) is 0 Å². The number of hydrogen-bond acceptors (Lipinski definition) is 2. The van der Waals surface area contributed by atoms with Gasteiger partial charge in [0.05, 0.1) is 13.2 Å². The second kappa shape index (κ2) is 4.21. The Hall–Kier alpha value is -1.06. The van der Waals surface area contributed by atoms with E-state index in [-0.39, 0.29) is 5.91 Å². The fraction of sp³-hybridized carbons (Fsp3) is 0.364. The highest BCUT2D eigenvalue weighted by atomic mass is 35.5. The van der Waals surface area contributed by atoms with Gasteiger partial charge < -0.3 is 0 Å². The lowest BCUT2D eigenvalue weighted by Crippen LogP contribution is -2.26. The first-order valence-electron chi connectivity index (χ1n) is 4.89. The average molecular weight is 226 g/mol. The van der Waals surface area contributed by atoms with Crippen LogP contribution in [0, 0.1) is 6.92 Å². The van der Waals surface area contributed by atoms with E-state index in [1.807, 2.05) is 19.1 Å². The number of benzene rings is 1. The first-order valence-corrected chi connectivity index (χ1v) is 5.26. The molecule has 0 N–H and O–H groups in total. The van der Waals surface area contributed by atoms with E-state index in [0.717, 1.165) is 12.0 Å². The molecule has 3 nitrogen and oxygen atoms in total. The molecule has 4 heteroatoms. The predicted molar refractivity (Wildman–Crippen MR) is 57.8 cm³/mol. The zero-order valence-corrected chi connectivity index (χ0v) is 9.25. The maximum atomic E-state index is 11.9. The number of halogens is 1. The minimum atomic E-state index is -0.113. The van der Waals surface area contributed by atoms with Crippen LogP contribution in [0.25, 0.3) is 0 Å². The normalized spacial score (nSPS) is 15.7. The van der Waals surface area contributed by atoms with Gasteiger partial charge in [-0.1, -0.05) is 11.6 Å². The lowest BCUT2D eigenvalue weighted by molar-refractivity contribution is -0.0768. The van der Waals surface area contributed by atoms with Crippen molar-refractivity contribution in [3.8, 4) is 0 Å². The highest BCUT2D eigenvalue weighted by Gasteiger charge is 2.21. The maximum absolute atomic E-state index is 11.9. The molecule has 0 bridgehead atoms. The Labute approximate surface area is 93.5 Å². The molecule has 0 aliphatic carbocycles. The fourth-order valence-corrected chi connectivity index (χ4v) is 1.90. The lowest BCUT2D eigenvalue weighted by Gasteiger charge is -2.14. The third-order valence-corrected chi connectivity index (χ3v) is 2.49. The summed E-state index contributed by atoms with van der Waals surface area (Å²) in [7, 11) is 0. The summed E-state index contributed by atoms with van der Waals surface area (Å²) in [5.41, 5.74) is 1.56. The number of nitrogens with zero attached hydrogens (tertiary/aromatic N) is 1. The molecule has 1 amide bonds. The van der Waals surface area contributed by atoms with E-state index < -0.39 is 0 Å². The second-order valence-corrected chi connectivity index (χ2v) is 4.05. The van der Waals surface area contributed by atoms with Gasteiger partial charge in [0.2, 0.25) is 0 Å². The Kier molecular flexibility index (Phi) is 2.93. The van der Waals surface area contributed by atoms with Crippen molar-refractivity contribution >= 4 is 17.5 Å². The molecule has 1 aromatic carbocycles. The van der Waals surface area contributed by atoms with Gasteiger partial charge in [-0.25, -0.2) is 5.06 Å². The second-order valence-electron chi connectivity index (χ2n) is 3.61. The van der Waals surface area contributed by atoms with Crippen LogP contribution >= 0.6 is 11.6 Å². The van der Waals surface area contributed by atoms with E-state index in [4.69, 9.17) is 16.4 Å². The van der Waals surface area contributed by atoms with Crippen LogP contribution in [0.3, 0.4) is 0 Å². The van der Waals surface area contributed by atoms with Crippen molar-refractivity contribution in [1.29, 1.82) is 0 Å². The molecule has 15 heavy (non-hydrogen) atoms. The minimum absolute atomic E-state index is 0.113. The Morgan fingerprint density at radius 2 is 2.27 bits per heavy atom. The van der Waals surface area contributed by atoms with E-state index in [2.05, 4.69) is 0 Å². The summed E-state index contributed by atoms with van der Waals surface area (Å²) in [6.45, 7) is 3.18. The van der Waals surface area contributed by atoms with Crippen LogP contribution in [-0.4, -0.2) is 24.1 Å². The molecule has 1 aromatic rings. The van der Waals surface area contributed by atoms with Crippen LogP contribution in [0.1, 0.15) is 22.3 Å². The van der Waals surface area contributed by atoms with Crippen molar-refractivity contribution in [3.05, 3.63) is 34.3 Å². The van der Waals surface area contributed by atoms with Crippen molar-refractivity contribution < 1.29 is 9.63 Å². The Morgan fingerprint density at radius 3 is 2.87 bits per heavy atom. The first kappa shape index (κ1) is 10.5. The molecule has 80 valence electrons. The Morgan fingerprint density at radius 1 is 1.47 bits per heavy atom. The summed E-state index contributed by atoms with van der Waals surface area (Å²) < 4.78 is 0. The molecule has 0 atom stereocenters. The molecule has 1 aliphatic heterocycles. The largest absolute Gasteiger partial charge is 0.277 e. The standard InChI is InChI=1S/C11H12ClNO2/c1-8-5-9(7-10(12)6-8)11(14)13-3-2-4-15-13/h5-7H,2-4H2,1H3. The third-order valence-electron chi connectivity index (χ3n) is 2.27. The molecule has 1 aliphatic rings. The van der Waals surface area contributed by atoms with Gasteiger partial charge in [-0.3, -0.25) is 9.63 Å². The van der Waals surface area contributed by atoms with Gasteiger partial charge in [0, 0.05) is 10.6 Å². The molecule has 0 aromatic heterocycles. The molecule has 0 spiro atoms. The third kappa shape index (κ3) is 2.30. The fourth-order valence-electron chi connectivity index (χ4n) is 1.61. The minimum Gasteiger partial charge on any atom is -0.271 e. The maximum Gasteiger partial charge on any atom is 0.277 e. The van der Waals surface area contributed by atoms with Crippen LogP contribution in [-0.2, 0) is 4.84 Å². The molecule has 0 saturated carbocycles. The zero-order valence-electron chi connectivity index (χ0n) is 8.50. The highest BCUT2D eigenvalue weighted by molar-refractivity contribution is 6.31. The molecule has 1 saturated heterocycles. The summed E-state index contributed by atoms with van der Waals surface area (Å²) in [6, 6.07) is 5.30. The van der Waals surface area contributed by atoms with Crippen molar-refractivity contribution in [2.45, 2.75) is 13.3 Å². The van der Waals surface area contributed by atoms with E-state index in [9.17, 15) is 4.79 Å². The number of aryl methyl sites for hydroxylation is 1. The van der Waals surface area contributed by atoms with E-state index in [0.29, 0.717) is 23.7 Å². The topological polar surface area (TPSA) is 29.5 Å². The van der Waals surface area contributed by atoms with Gasteiger partial charge in [0.1, 0.15) is 0 Å². The van der Waals surface area contributed by atoms with Crippen LogP contribution < -0.4 is 0 Å². The summed E-state index contributed by atoms with van der Waals surface area (Å²) >= 11 is 5.89. The van der Waals surface area contributed by atoms with Crippen LogP contribution in [0.15, 0.2) is 18.2 Å². The van der Waals surface area contributed by atoms with Crippen LogP contribution in [0.4, 0.5) is 0 Å². The summed E-state index contributed by atoms with van der Waals surface area (Å²) in [6.07, 6.45) is 0.894. The average Bonchev–Trinajstić information content (AvgIpc) is 2.67. The molecular weight excluding hydrogens is 214 g/mol. The first-order chi connectivity index (χ1) is 7.16. The van der Waals surface area contributed by atoms with Crippen molar-refractivity contribution in [2.24, 2.45) is 0 Å². The van der Waals surface area contributed by atoms with Crippen molar-refractivity contribution in [2.75, 3.05) is 13.2 Å². The number of carbonyl (C=O) groups is 1. The molecule has 2 rings (SSSR count). The highest BCUT2D eigenvalue weighted by Crippen LogP contribution is 2.17. The van der Waals surface area contributed by atoms with E-state index >= 15 is 0 Å². The zero-order chi connectivity index (χ0) is 10.8. The molecule has 0 unspecified atom stereocenters. The molecular formula is C11H12ClNO2. The molecule has 0 radical (unpaired) electrons. The molecule has 1 fully saturated rings. The van der Waals surface area contributed by atoms with Gasteiger partial charge in [-0.15, -0.1) is 0 Å². The van der Waals surface area contributed by atoms with Crippen LogP contribution in [0.2, 0.25) is 5.02 Å². The smallest absolute Gasteiger partial charge is 0.271 e.